The molecule has 1 amide bonds. The number of hydrogen-bond acceptors (Lipinski definition) is 5. The summed E-state index contributed by atoms with van der Waals surface area (Å²) in [7, 11) is 0. The van der Waals surface area contributed by atoms with Gasteiger partial charge in [0.1, 0.15) is 11.3 Å². The Labute approximate surface area is 193 Å². The van der Waals surface area contributed by atoms with Gasteiger partial charge in [0, 0.05) is 6.54 Å². The Morgan fingerprint density at radius 1 is 1.21 bits per heavy atom. The van der Waals surface area contributed by atoms with Gasteiger partial charge in [0.15, 0.2) is 0 Å². The lowest BCUT2D eigenvalue weighted by atomic mass is 9.68. The number of imidazole rings is 1. The third-order valence-corrected chi connectivity index (χ3v) is 6.78. The highest BCUT2D eigenvalue weighted by molar-refractivity contribution is 5.90. The number of alkyl halides is 3. The maximum absolute atomic E-state index is 12.8. The first-order valence-corrected chi connectivity index (χ1v) is 11.0. The Balaban J connectivity index is 1.36. The number of carbonyl (C=O) groups is 1. The highest BCUT2D eigenvalue weighted by Crippen LogP contribution is 2.48. The van der Waals surface area contributed by atoms with E-state index in [0.717, 1.165) is 36.1 Å². The van der Waals surface area contributed by atoms with Crippen molar-refractivity contribution in [2.45, 2.75) is 50.9 Å². The molecule has 1 saturated heterocycles. The van der Waals surface area contributed by atoms with Gasteiger partial charge in [-0.2, -0.15) is 18.4 Å². The fraction of sp³-hybridized carbons (Fsp3) is 0.417. The molecule has 0 radical (unpaired) electrons. The van der Waals surface area contributed by atoms with Crippen molar-refractivity contribution in [3.05, 3.63) is 54.1 Å². The number of amides is 1. The second-order valence-electron chi connectivity index (χ2n) is 9.57. The van der Waals surface area contributed by atoms with Gasteiger partial charge in [-0.3, -0.25) is 4.90 Å². The van der Waals surface area contributed by atoms with Crippen LogP contribution in [0.15, 0.2) is 42.9 Å². The molecule has 0 bridgehead atoms. The molecule has 1 aliphatic heterocycles. The second-order valence-corrected chi connectivity index (χ2v) is 9.57. The molecule has 2 aliphatic rings. The van der Waals surface area contributed by atoms with Crippen molar-refractivity contribution in [1.29, 1.82) is 5.26 Å². The molecule has 34 heavy (non-hydrogen) atoms. The molecule has 0 unspecified atom stereocenters. The van der Waals surface area contributed by atoms with E-state index in [1.165, 1.54) is 11.0 Å². The highest BCUT2D eigenvalue weighted by Gasteiger charge is 2.51. The smallest absolute Gasteiger partial charge is 0.433 e. The molecule has 1 aromatic carbocycles. The zero-order chi connectivity index (χ0) is 24.1. The third kappa shape index (κ3) is 3.95. The Hall–Kier alpha value is -3.61. The lowest BCUT2D eigenvalue weighted by Gasteiger charge is -2.43. The van der Waals surface area contributed by atoms with Crippen molar-refractivity contribution >= 4 is 22.8 Å². The second kappa shape index (κ2) is 7.72. The van der Waals surface area contributed by atoms with Crippen molar-refractivity contribution in [2.75, 3.05) is 11.4 Å². The van der Waals surface area contributed by atoms with Crippen LogP contribution in [0.2, 0.25) is 0 Å². The topological polar surface area (TPSA) is 84.0 Å². The Kier molecular flexibility index (Phi) is 5.04. The van der Waals surface area contributed by atoms with E-state index < -0.39 is 23.6 Å². The van der Waals surface area contributed by atoms with Gasteiger partial charge in [0.05, 0.1) is 47.4 Å². The van der Waals surface area contributed by atoms with Gasteiger partial charge in [-0.15, -0.1) is 0 Å². The maximum atomic E-state index is 12.8. The summed E-state index contributed by atoms with van der Waals surface area (Å²) < 4.78 is 46.4. The summed E-state index contributed by atoms with van der Waals surface area (Å²) >= 11 is 0. The van der Waals surface area contributed by atoms with Gasteiger partial charge >= 0.3 is 12.3 Å². The van der Waals surface area contributed by atoms with E-state index >= 15 is 0 Å². The average Bonchev–Trinajstić information content (AvgIpc) is 3.32. The number of rotatable bonds is 3. The van der Waals surface area contributed by atoms with Crippen LogP contribution in [0.5, 0.6) is 0 Å². The minimum absolute atomic E-state index is 0.205. The van der Waals surface area contributed by atoms with Gasteiger partial charge < -0.3 is 9.30 Å². The van der Waals surface area contributed by atoms with Crippen molar-refractivity contribution < 1.29 is 22.7 Å². The summed E-state index contributed by atoms with van der Waals surface area (Å²) in [6.07, 6.45) is 0.773. The van der Waals surface area contributed by atoms with Gasteiger partial charge in [0.25, 0.3) is 0 Å². The van der Waals surface area contributed by atoms with Crippen molar-refractivity contribution in [2.24, 2.45) is 5.41 Å². The predicted octanol–water partition coefficient (Wildman–Crippen LogP) is 5.30. The zero-order valence-corrected chi connectivity index (χ0v) is 18.5. The molecule has 2 fully saturated rings. The number of nitrogens with zero attached hydrogens (tertiary/aromatic N) is 5. The van der Waals surface area contributed by atoms with Gasteiger partial charge in [-0.05, 0) is 61.4 Å². The van der Waals surface area contributed by atoms with Crippen LogP contribution in [0.4, 0.5) is 23.7 Å². The van der Waals surface area contributed by atoms with Crippen LogP contribution in [0.1, 0.15) is 43.9 Å². The van der Waals surface area contributed by atoms with E-state index in [0.29, 0.717) is 24.9 Å². The number of fused-ring (bicyclic) bond motifs is 1. The number of ether oxygens (including phenoxy) is 1. The Morgan fingerprint density at radius 3 is 2.74 bits per heavy atom. The molecule has 3 heterocycles. The molecular formula is C24H22F3N5O2. The molecule has 7 nitrogen and oxygen atoms in total. The molecular weight excluding hydrogens is 447 g/mol. The van der Waals surface area contributed by atoms with Crippen LogP contribution >= 0.6 is 0 Å². The Morgan fingerprint density at radius 2 is 2.03 bits per heavy atom. The summed E-state index contributed by atoms with van der Waals surface area (Å²) in [5.41, 5.74) is 0.597. The monoisotopic (exact) mass is 469 g/mol. The van der Waals surface area contributed by atoms with Gasteiger partial charge in [-0.25, -0.2) is 14.8 Å². The van der Waals surface area contributed by atoms with Crippen molar-refractivity contribution in [1.82, 2.24) is 14.5 Å². The molecule has 10 heteroatoms. The minimum atomic E-state index is -4.54. The van der Waals surface area contributed by atoms with Crippen LogP contribution in [0.3, 0.4) is 0 Å². The van der Waals surface area contributed by atoms with E-state index in [-0.39, 0.29) is 17.6 Å². The van der Waals surface area contributed by atoms with Crippen LogP contribution in [-0.4, -0.2) is 32.8 Å². The first kappa shape index (κ1) is 22.2. The number of carbonyl (C=O) groups excluding carboxylic acids is 1. The van der Waals surface area contributed by atoms with Gasteiger partial charge in [0.2, 0.25) is 0 Å². The SMILES string of the molecule is C[C@]1(Cn2cnc3ccc(C#N)cc32)CCC[C@@]2(CN(c3ccc(C(F)(F)F)nc3)C(=O)O2)C1. The van der Waals surface area contributed by atoms with E-state index in [9.17, 15) is 23.2 Å². The molecule has 0 N–H and O–H groups in total. The van der Waals surface area contributed by atoms with E-state index in [2.05, 4.69) is 23.0 Å². The average molecular weight is 469 g/mol. The first-order valence-electron chi connectivity index (χ1n) is 11.0. The molecule has 2 aromatic heterocycles. The number of nitriles is 1. The molecule has 1 spiro atoms. The number of anilines is 1. The predicted molar refractivity (Wildman–Crippen MR) is 117 cm³/mol. The van der Waals surface area contributed by atoms with E-state index in [1.54, 1.807) is 12.4 Å². The standard InChI is InChI=1S/C24H22F3N5O2/c1-22(13-31-15-30-18-5-3-16(10-28)9-19(18)31)7-2-8-23(12-22)14-32(21(33)34-23)17-4-6-20(29-11-17)24(25,26)27/h3-6,9,11,15H,2,7-8,12-14H2,1H3/t22-,23-/m0/s1. The van der Waals surface area contributed by atoms with Crippen LogP contribution < -0.4 is 4.90 Å². The summed E-state index contributed by atoms with van der Waals surface area (Å²) in [5, 5.41) is 9.24. The first-order chi connectivity index (χ1) is 16.1. The quantitative estimate of drug-likeness (QED) is 0.520. The molecule has 1 saturated carbocycles. The lowest BCUT2D eigenvalue weighted by molar-refractivity contribution is -0.141. The highest BCUT2D eigenvalue weighted by atomic mass is 19.4. The number of halogens is 3. The third-order valence-electron chi connectivity index (χ3n) is 6.78. The van der Waals surface area contributed by atoms with Crippen molar-refractivity contribution in [3.63, 3.8) is 0 Å². The zero-order valence-electron chi connectivity index (χ0n) is 18.5. The summed E-state index contributed by atoms with van der Waals surface area (Å²) in [5.74, 6) is 0. The number of pyridine rings is 1. The van der Waals surface area contributed by atoms with Crippen LogP contribution in [0.25, 0.3) is 11.0 Å². The minimum Gasteiger partial charge on any atom is -0.441 e. The summed E-state index contributed by atoms with van der Waals surface area (Å²) in [4.78, 5) is 22.0. The van der Waals surface area contributed by atoms with E-state index in [4.69, 9.17) is 4.74 Å². The summed E-state index contributed by atoms with van der Waals surface area (Å²) in [6.45, 7) is 3.04. The lowest BCUT2D eigenvalue weighted by Crippen LogP contribution is -2.45. The molecule has 5 rings (SSSR count). The van der Waals surface area contributed by atoms with E-state index in [1.807, 2.05) is 16.7 Å². The fourth-order valence-corrected chi connectivity index (χ4v) is 5.35. The Bertz CT molecular complexity index is 1300. The largest absolute Gasteiger partial charge is 0.441 e. The maximum Gasteiger partial charge on any atom is 0.433 e. The number of aromatic nitrogens is 3. The fourth-order valence-electron chi connectivity index (χ4n) is 5.35. The number of hydrogen-bond donors (Lipinski definition) is 0. The van der Waals surface area contributed by atoms with Gasteiger partial charge in [-0.1, -0.05) is 6.92 Å². The normalized spacial score (nSPS) is 25.0. The molecule has 1 aliphatic carbocycles. The molecule has 176 valence electrons. The molecule has 2 atom stereocenters. The number of benzene rings is 1. The molecule has 3 aromatic rings. The summed E-state index contributed by atoms with van der Waals surface area (Å²) in [6, 6.07) is 9.66. The van der Waals surface area contributed by atoms with Crippen LogP contribution in [-0.2, 0) is 17.5 Å². The van der Waals surface area contributed by atoms with Crippen LogP contribution in [0, 0.1) is 16.7 Å². The van der Waals surface area contributed by atoms with Crippen molar-refractivity contribution in [3.8, 4) is 6.07 Å².